The number of ether oxygens (including phenoxy) is 1. The van der Waals surface area contributed by atoms with E-state index >= 15 is 0 Å². The second kappa shape index (κ2) is 15.4. The lowest BCUT2D eigenvalue weighted by molar-refractivity contribution is -0.134. The van der Waals surface area contributed by atoms with Crippen molar-refractivity contribution in [3.8, 4) is 0 Å². The van der Waals surface area contributed by atoms with Gasteiger partial charge in [-0.15, -0.1) is 0 Å². The predicted molar refractivity (Wildman–Crippen MR) is 225 cm³/mol. The van der Waals surface area contributed by atoms with Crippen LogP contribution in [0.2, 0.25) is 0 Å². The van der Waals surface area contributed by atoms with Crippen molar-refractivity contribution in [2.24, 2.45) is 18.4 Å². The Labute approximate surface area is 356 Å². The Balaban J connectivity index is 0.666. The van der Waals surface area contributed by atoms with E-state index in [4.69, 9.17) is 14.8 Å². The highest BCUT2D eigenvalue weighted by Crippen LogP contribution is 2.51. The van der Waals surface area contributed by atoms with Gasteiger partial charge in [-0.1, -0.05) is 12.1 Å². The fourth-order valence-corrected chi connectivity index (χ4v) is 11.5. The summed E-state index contributed by atoms with van der Waals surface area (Å²) in [6.45, 7) is 4.61. The minimum absolute atomic E-state index is 0.0133. The molecule has 11 rings (SSSR count). The number of nitrogens with zero attached hydrogens (tertiary/aromatic N) is 9. The molecule has 6 aliphatic rings. The molecule has 3 N–H and O–H groups in total. The van der Waals surface area contributed by atoms with E-state index in [2.05, 4.69) is 42.0 Å². The minimum atomic E-state index is -2.84. The monoisotopic (exact) mass is 850 g/mol. The summed E-state index contributed by atoms with van der Waals surface area (Å²) >= 11 is 0. The normalized spacial score (nSPS) is 26.5. The zero-order valence-corrected chi connectivity index (χ0v) is 34.8. The van der Waals surface area contributed by atoms with Crippen LogP contribution >= 0.6 is 0 Å². The molecule has 2 aliphatic carbocycles. The van der Waals surface area contributed by atoms with Gasteiger partial charge in [0.2, 0.25) is 11.8 Å². The maximum Gasteiger partial charge on any atom is 0.284 e. The summed E-state index contributed by atoms with van der Waals surface area (Å²) in [7, 11) is 1.91. The molecule has 1 unspecified atom stereocenters. The molecule has 1 aromatic carbocycles. The van der Waals surface area contributed by atoms with Gasteiger partial charge in [-0.2, -0.15) is 15.3 Å². The van der Waals surface area contributed by atoms with Crippen LogP contribution < -0.4 is 20.9 Å². The molecular formula is C44H52F2N12O4. The Bertz CT molecular complexity index is 2550. The van der Waals surface area contributed by atoms with E-state index in [-0.39, 0.29) is 41.3 Å². The average Bonchev–Trinajstić information content (AvgIpc) is 4.11. The third-order valence-corrected chi connectivity index (χ3v) is 14.8. The second-order valence-corrected chi connectivity index (χ2v) is 18.7. The number of hydrogen-bond donors (Lipinski definition) is 3. The van der Waals surface area contributed by atoms with Crippen LogP contribution in [0.15, 0.2) is 42.9 Å². The zero-order valence-electron chi connectivity index (χ0n) is 34.8. The number of amides is 3. The number of piperidine rings is 2. The Morgan fingerprint density at radius 2 is 1.85 bits per heavy atom. The molecule has 62 heavy (non-hydrogen) atoms. The molecule has 0 radical (unpaired) electrons. The summed E-state index contributed by atoms with van der Waals surface area (Å²) in [6.07, 6.45) is 12.1. The van der Waals surface area contributed by atoms with Crippen LogP contribution in [-0.4, -0.2) is 108 Å². The van der Waals surface area contributed by atoms with Crippen LogP contribution in [0.25, 0.3) is 16.6 Å². The van der Waals surface area contributed by atoms with Crippen molar-refractivity contribution in [2.45, 2.75) is 107 Å². The highest BCUT2D eigenvalue weighted by molar-refractivity contribution is 6.08. The third kappa shape index (κ3) is 7.08. The zero-order chi connectivity index (χ0) is 42.3. The number of anilines is 3. The van der Waals surface area contributed by atoms with E-state index in [1.807, 2.05) is 29.9 Å². The molecule has 5 aromatic rings. The van der Waals surface area contributed by atoms with Crippen molar-refractivity contribution in [2.75, 3.05) is 48.3 Å². The second-order valence-electron chi connectivity index (χ2n) is 18.7. The lowest BCUT2D eigenvalue weighted by atomic mass is 9.60. The van der Waals surface area contributed by atoms with Crippen molar-refractivity contribution in [1.29, 1.82) is 0 Å². The van der Waals surface area contributed by atoms with Gasteiger partial charge < -0.3 is 25.2 Å². The molecule has 4 saturated heterocycles. The standard InChI is InChI=1S/C44H52F2N12O4/c1-54-39-30(37(52-54)31-9-10-36(59)51-42(31)60)3-2-4-33(39)48-26-18-44(19-26)12-15-55(16-13-44)21-25-5-7-27(8-6-25)58-23-34(38(53-58)40(45)46)49-43(61)32-20-47-57-14-11-35(50-41(32)57)56-22-29-17-28(56)24-62-29/h2-4,11,14,20,23,25-29,31,40,48H,5-10,12-13,15-19,21-22,24H2,1H3,(H,49,61)(H,51,59,60)/t25?,27?,28-,29-,31?/m1/s1. The summed E-state index contributed by atoms with van der Waals surface area (Å²) in [5.74, 6) is -0.197. The number of benzene rings is 1. The molecule has 3 atom stereocenters. The van der Waals surface area contributed by atoms with Gasteiger partial charge in [0.15, 0.2) is 11.3 Å². The number of hydrogen-bond acceptors (Lipinski definition) is 11. The summed E-state index contributed by atoms with van der Waals surface area (Å²) in [4.78, 5) is 47.5. The van der Waals surface area contributed by atoms with E-state index in [1.165, 1.54) is 23.6 Å². The van der Waals surface area contributed by atoms with E-state index < -0.39 is 23.9 Å². The smallest absolute Gasteiger partial charge is 0.284 e. The van der Waals surface area contributed by atoms with Gasteiger partial charge in [-0.05, 0) is 101 Å². The average molecular weight is 851 g/mol. The number of aryl methyl sites for hydroxylation is 1. The van der Waals surface area contributed by atoms with Crippen LogP contribution in [0.5, 0.6) is 0 Å². The van der Waals surface area contributed by atoms with Crippen molar-refractivity contribution in [1.82, 2.24) is 44.4 Å². The molecule has 3 amide bonds. The SMILES string of the molecule is Cn1nc(C2CCC(=O)NC2=O)c2cccc(NC3CC4(CCN(CC5CCC(n6cc(NC(=O)c7cnn8ccc(N9C[C@H]%10C[C@@H]9CO%10)nc78)c(C(F)F)n6)CC5)CC4)C3)c21. The molecule has 4 aliphatic heterocycles. The Morgan fingerprint density at radius 1 is 1.03 bits per heavy atom. The van der Waals surface area contributed by atoms with Crippen LogP contribution in [0.3, 0.4) is 0 Å². The number of rotatable bonds is 10. The van der Waals surface area contributed by atoms with Crippen molar-refractivity contribution >= 4 is 51.5 Å². The number of halogens is 2. The fraction of sp³-hybridized carbons (Fsp3) is 0.568. The third-order valence-electron chi connectivity index (χ3n) is 14.8. The number of aromatic nitrogens is 7. The first-order valence-electron chi connectivity index (χ1n) is 22.3. The molecule has 4 aromatic heterocycles. The number of para-hydroxylation sites is 1. The van der Waals surface area contributed by atoms with Gasteiger partial charge in [0.05, 0.1) is 59.5 Å². The van der Waals surface area contributed by atoms with Gasteiger partial charge >= 0.3 is 0 Å². The summed E-state index contributed by atoms with van der Waals surface area (Å²) in [5, 5.41) is 23.3. The quantitative estimate of drug-likeness (QED) is 0.150. The number of imide groups is 1. The van der Waals surface area contributed by atoms with Crippen LogP contribution in [0.1, 0.15) is 111 Å². The molecule has 2 bridgehead atoms. The fourth-order valence-electron chi connectivity index (χ4n) is 11.5. The highest BCUT2D eigenvalue weighted by Gasteiger charge is 2.46. The lowest BCUT2D eigenvalue weighted by Gasteiger charge is -2.53. The van der Waals surface area contributed by atoms with E-state index in [9.17, 15) is 23.2 Å². The molecule has 16 nitrogen and oxygen atoms in total. The first-order valence-corrected chi connectivity index (χ1v) is 22.3. The number of alkyl halides is 2. The van der Waals surface area contributed by atoms with Gasteiger partial charge in [0, 0.05) is 50.4 Å². The number of morpholine rings is 1. The van der Waals surface area contributed by atoms with Gasteiger partial charge in [-0.3, -0.25) is 29.1 Å². The Kier molecular flexibility index (Phi) is 9.77. The molecule has 8 heterocycles. The van der Waals surface area contributed by atoms with Crippen LogP contribution in [0, 0.1) is 11.3 Å². The Hall–Kier alpha value is -5.49. The lowest BCUT2D eigenvalue weighted by Crippen LogP contribution is -2.52. The van der Waals surface area contributed by atoms with Gasteiger partial charge in [-0.25, -0.2) is 18.3 Å². The maximum atomic E-state index is 14.3. The largest absolute Gasteiger partial charge is 0.381 e. The number of nitrogens with one attached hydrogen (secondary N) is 3. The van der Waals surface area contributed by atoms with Gasteiger partial charge in [0.25, 0.3) is 12.3 Å². The topological polar surface area (TPSA) is 169 Å². The first kappa shape index (κ1) is 39.4. The molecule has 6 fully saturated rings. The van der Waals surface area contributed by atoms with Crippen LogP contribution in [0.4, 0.5) is 26.0 Å². The van der Waals surface area contributed by atoms with E-state index in [0.29, 0.717) is 42.5 Å². The first-order chi connectivity index (χ1) is 30.1. The molecule has 326 valence electrons. The molecule has 1 spiro atoms. The van der Waals surface area contributed by atoms with Gasteiger partial charge in [0.1, 0.15) is 11.4 Å². The summed E-state index contributed by atoms with van der Waals surface area (Å²) in [5.41, 5.74) is 3.26. The predicted octanol–water partition coefficient (Wildman–Crippen LogP) is 5.59. The van der Waals surface area contributed by atoms with Crippen LogP contribution in [-0.2, 0) is 21.4 Å². The number of carbonyl (C=O) groups is 3. The molecule has 2 saturated carbocycles. The molecular weight excluding hydrogens is 799 g/mol. The molecule has 18 heteroatoms. The van der Waals surface area contributed by atoms with Crippen molar-refractivity contribution in [3.63, 3.8) is 0 Å². The van der Waals surface area contributed by atoms with E-state index in [0.717, 1.165) is 99.2 Å². The number of fused-ring (bicyclic) bond motifs is 4. The maximum absolute atomic E-state index is 14.3. The highest BCUT2D eigenvalue weighted by atomic mass is 19.3. The van der Waals surface area contributed by atoms with Crippen molar-refractivity contribution in [3.05, 3.63) is 59.8 Å². The minimum Gasteiger partial charge on any atom is -0.381 e. The van der Waals surface area contributed by atoms with Crippen molar-refractivity contribution < 1.29 is 27.9 Å². The Morgan fingerprint density at radius 3 is 2.60 bits per heavy atom. The number of likely N-dealkylation sites (tertiary alicyclic amines) is 1. The summed E-state index contributed by atoms with van der Waals surface area (Å²) < 4.78 is 39.4. The van der Waals surface area contributed by atoms with E-state index in [1.54, 1.807) is 17.1 Å². The summed E-state index contributed by atoms with van der Waals surface area (Å²) in [6, 6.07) is 8.61. The number of carbonyl (C=O) groups excluding carboxylic acids is 3.